The minimum atomic E-state index is -0.407. The van der Waals surface area contributed by atoms with Crippen LogP contribution < -0.4 is 0 Å². The largest absolute Gasteiger partial charge is 0.387 e. The number of nitrogens with zero attached hydrogens (tertiary/aromatic N) is 1. The molecule has 1 N–H and O–H groups in total. The third kappa shape index (κ3) is 2.47. The quantitative estimate of drug-likeness (QED) is 0.917. The number of aliphatic hydroxyl groups is 1. The van der Waals surface area contributed by atoms with Crippen molar-refractivity contribution in [3.05, 3.63) is 51.5 Å². The summed E-state index contributed by atoms with van der Waals surface area (Å²) in [7, 11) is 0. The first-order valence-electron chi connectivity index (χ1n) is 6.52. The Kier molecular flexibility index (Phi) is 3.43. The third-order valence-corrected chi connectivity index (χ3v) is 4.81. The van der Waals surface area contributed by atoms with E-state index in [-0.39, 0.29) is 0 Å². The minimum Gasteiger partial charge on any atom is -0.387 e. The maximum atomic E-state index is 10.3. The van der Waals surface area contributed by atoms with Gasteiger partial charge in [-0.2, -0.15) is 0 Å². The van der Waals surface area contributed by atoms with Crippen LogP contribution in [0, 0.1) is 0 Å². The highest BCUT2D eigenvalue weighted by Gasteiger charge is 2.18. The highest BCUT2D eigenvalue weighted by atomic mass is 32.1. The topological polar surface area (TPSA) is 33.1 Å². The van der Waals surface area contributed by atoms with Gasteiger partial charge in [0.25, 0.3) is 0 Å². The lowest BCUT2D eigenvalue weighted by Crippen LogP contribution is -2.01. The van der Waals surface area contributed by atoms with Crippen molar-refractivity contribution in [1.82, 2.24) is 4.98 Å². The number of hydrogen-bond acceptors (Lipinski definition) is 3. The van der Waals surface area contributed by atoms with Crippen LogP contribution in [0.3, 0.4) is 0 Å². The van der Waals surface area contributed by atoms with E-state index in [4.69, 9.17) is 0 Å². The van der Waals surface area contributed by atoms with Gasteiger partial charge in [0.15, 0.2) is 0 Å². The zero-order valence-corrected chi connectivity index (χ0v) is 11.1. The monoisotopic (exact) mass is 259 g/mol. The summed E-state index contributed by atoms with van der Waals surface area (Å²) < 4.78 is 0. The number of fused-ring (bicyclic) bond motifs is 1. The van der Waals surface area contributed by atoms with Gasteiger partial charge in [-0.1, -0.05) is 6.07 Å². The summed E-state index contributed by atoms with van der Waals surface area (Å²) in [4.78, 5) is 6.86. The Morgan fingerprint density at radius 1 is 1.28 bits per heavy atom. The van der Waals surface area contributed by atoms with Crippen molar-refractivity contribution in [2.24, 2.45) is 0 Å². The zero-order chi connectivity index (χ0) is 12.4. The van der Waals surface area contributed by atoms with Gasteiger partial charge in [-0.05, 0) is 49.4 Å². The van der Waals surface area contributed by atoms with Crippen LogP contribution in [0.15, 0.2) is 30.5 Å². The van der Waals surface area contributed by atoms with E-state index < -0.39 is 6.10 Å². The van der Waals surface area contributed by atoms with Gasteiger partial charge in [0.05, 0.1) is 6.10 Å². The van der Waals surface area contributed by atoms with Crippen molar-refractivity contribution in [3.8, 4) is 0 Å². The fourth-order valence-electron chi connectivity index (χ4n) is 2.50. The summed E-state index contributed by atoms with van der Waals surface area (Å²) in [5, 5.41) is 10.3. The van der Waals surface area contributed by atoms with Crippen molar-refractivity contribution in [1.29, 1.82) is 0 Å². The number of aromatic nitrogens is 1. The molecule has 2 aromatic rings. The first-order chi connectivity index (χ1) is 8.83. The molecule has 3 rings (SSSR count). The van der Waals surface area contributed by atoms with Gasteiger partial charge in [-0.15, -0.1) is 11.3 Å². The normalized spacial score (nSPS) is 16.3. The maximum Gasteiger partial charge on any atom is 0.0937 e. The van der Waals surface area contributed by atoms with Gasteiger partial charge in [0.2, 0.25) is 0 Å². The predicted octanol–water partition coefficient (Wildman–Crippen LogP) is 3.30. The van der Waals surface area contributed by atoms with Crippen LogP contribution in [0.5, 0.6) is 0 Å². The SMILES string of the molecule is OC(Cc1ccccn1)c1cc2c(s1)CCCC2. The smallest absolute Gasteiger partial charge is 0.0937 e. The molecule has 0 spiro atoms. The van der Waals surface area contributed by atoms with Crippen molar-refractivity contribution in [3.63, 3.8) is 0 Å². The highest BCUT2D eigenvalue weighted by Crippen LogP contribution is 2.33. The van der Waals surface area contributed by atoms with E-state index in [1.165, 1.54) is 36.1 Å². The van der Waals surface area contributed by atoms with Crippen molar-refractivity contribution >= 4 is 11.3 Å². The molecule has 0 saturated heterocycles. The summed E-state index contributed by atoms with van der Waals surface area (Å²) in [5.74, 6) is 0. The average Bonchev–Trinajstić information content (AvgIpc) is 2.84. The molecule has 2 heterocycles. The number of aryl methyl sites for hydroxylation is 2. The Labute approximate surface area is 111 Å². The molecular formula is C15H17NOS. The van der Waals surface area contributed by atoms with Gasteiger partial charge in [-0.25, -0.2) is 0 Å². The molecule has 18 heavy (non-hydrogen) atoms. The Balaban J connectivity index is 1.76. The van der Waals surface area contributed by atoms with Crippen molar-refractivity contribution < 1.29 is 5.11 Å². The highest BCUT2D eigenvalue weighted by molar-refractivity contribution is 7.12. The Hall–Kier alpha value is -1.19. The van der Waals surface area contributed by atoms with Gasteiger partial charge in [0.1, 0.15) is 0 Å². The molecule has 0 aliphatic heterocycles. The summed E-state index contributed by atoms with van der Waals surface area (Å²) >= 11 is 1.78. The fourth-order valence-corrected chi connectivity index (χ4v) is 3.74. The molecule has 0 radical (unpaired) electrons. The van der Waals surface area contributed by atoms with E-state index in [2.05, 4.69) is 11.1 Å². The Morgan fingerprint density at radius 3 is 2.94 bits per heavy atom. The zero-order valence-electron chi connectivity index (χ0n) is 10.3. The van der Waals surface area contributed by atoms with Crippen molar-refractivity contribution in [2.45, 2.75) is 38.2 Å². The molecule has 0 saturated carbocycles. The second-order valence-corrected chi connectivity index (χ2v) is 6.01. The summed E-state index contributed by atoms with van der Waals surface area (Å²) in [6.07, 6.45) is 6.94. The lowest BCUT2D eigenvalue weighted by molar-refractivity contribution is 0.181. The van der Waals surface area contributed by atoms with Crippen LogP contribution in [0.2, 0.25) is 0 Å². The van der Waals surface area contributed by atoms with Gasteiger partial charge >= 0.3 is 0 Å². The predicted molar refractivity (Wildman–Crippen MR) is 73.9 cm³/mol. The van der Waals surface area contributed by atoms with Crippen LogP contribution in [0.4, 0.5) is 0 Å². The summed E-state index contributed by atoms with van der Waals surface area (Å²) in [6.45, 7) is 0. The van der Waals surface area contributed by atoms with Crippen LogP contribution >= 0.6 is 11.3 Å². The van der Waals surface area contributed by atoms with E-state index in [0.29, 0.717) is 6.42 Å². The maximum absolute atomic E-state index is 10.3. The van der Waals surface area contributed by atoms with Crippen LogP contribution in [0.25, 0.3) is 0 Å². The molecule has 1 aliphatic rings. The molecule has 94 valence electrons. The van der Waals surface area contributed by atoms with Crippen LogP contribution in [0.1, 0.15) is 40.0 Å². The third-order valence-electron chi connectivity index (χ3n) is 3.47. The lowest BCUT2D eigenvalue weighted by atomic mass is 9.98. The number of hydrogen-bond donors (Lipinski definition) is 1. The first kappa shape index (κ1) is 11.9. The number of pyridine rings is 1. The number of rotatable bonds is 3. The van der Waals surface area contributed by atoms with Gasteiger partial charge < -0.3 is 5.11 Å². The van der Waals surface area contributed by atoms with E-state index in [1.54, 1.807) is 17.5 Å². The van der Waals surface area contributed by atoms with Gasteiger partial charge in [-0.3, -0.25) is 4.98 Å². The molecule has 1 atom stereocenters. The Bertz CT molecular complexity index is 497. The van der Waals surface area contributed by atoms with E-state index in [0.717, 1.165) is 10.6 Å². The molecule has 2 nitrogen and oxygen atoms in total. The first-order valence-corrected chi connectivity index (χ1v) is 7.34. The van der Waals surface area contributed by atoms with E-state index in [1.807, 2.05) is 18.2 Å². The molecular weight excluding hydrogens is 242 g/mol. The summed E-state index contributed by atoms with van der Waals surface area (Å²) in [6, 6.07) is 8.04. The van der Waals surface area contributed by atoms with Crippen molar-refractivity contribution in [2.75, 3.05) is 0 Å². The van der Waals surface area contributed by atoms with Crippen LogP contribution in [-0.2, 0) is 19.3 Å². The molecule has 2 aromatic heterocycles. The molecule has 0 amide bonds. The fraction of sp³-hybridized carbons (Fsp3) is 0.400. The lowest BCUT2D eigenvalue weighted by Gasteiger charge is -2.08. The standard InChI is InChI=1S/C15H17NOS/c17-13(10-12-6-3-4-8-16-12)15-9-11-5-1-2-7-14(11)18-15/h3-4,6,8-9,13,17H,1-2,5,7,10H2. The average molecular weight is 259 g/mol. The Morgan fingerprint density at radius 2 is 2.17 bits per heavy atom. The minimum absolute atomic E-state index is 0.407. The molecule has 1 unspecified atom stereocenters. The molecule has 1 aliphatic carbocycles. The number of thiophene rings is 1. The van der Waals surface area contributed by atoms with E-state index in [9.17, 15) is 5.11 Å². The summed E-state index contributed by atoms with van der Waals surface area (Å²) in [5.41, 5.74) is 2.41. The van der Waals surface area contributed by atoms with Crippen LogP contribution in [-0.4, -0.2) is 10.1 Å². The second-order valence-electron chi connectivity index (χ2n) is 4.85. The van der Waals surface area contributed by atoms with Gasteiger partial charge in [0, 0.05) is 28.1 Å². The molecule has 0 fully saturated rings. The number of aliphatic hydroxyl groups excluding tert-OH is 1. The molecule has 3 heteroatoms. The van der Waals surface area contributed by atoms with E-state index >= 15 is 0 Å². The molecule has 0 aromatic carbocycles. The molecule has 0 bridgehead atoms. The second kappa shape index (κ2) is 5.21.